The van der Waals surface area contributed by atoms with Gasteiger partial charge in [-0.2, -0.15) is 0 Å². The monoisotopic (exact) mass is 224 g/mol. The Bertz CT molecular complexity index is 301. The van der Waals surface area contributed by atoms with Gasteiger partial charge in [0.15, 0.2) is 0 Å². The molecule has 0 heterocycles. The minimum Gasteiger partial charge on any atom is -0.354 e. The van der Waals surface area contributed by atoms with Crippen molar-refractivity contribution in [2.45, 2.75) is 17.9 Å². The summed E-state index contributed by atoms with van der Waals surface area (Å²) in [7, 11) is 0. The van der Waals surface area contributed by atoms with E-state index in [9.17, 15) is 4.79 Å². The second kappa shape index (κ2) is 6.48. The Morgan fingerprint density at radius 2 is 2.13 bits per heavy atom. The molecule has 0 aromatic heterocycles. The van der Waals surface area contributed by atoms with Crippen LogP contribution in [-0.2, 0) is 4.79 Å². The smallest absolute Gasteiger partial charge is 0.236 e. The highest BCUT2D eigenvalue weighted by atomic mass is 32.2. The average molecular weight is 224 g/mol. The Hall–Kier alpha value is -1.00. The van der Waals surface area contributed by atoms with Crippen LogP contribution in [-0.4, -0.2) is 24.2 Å². The zero-order chi connectivity index (χ0) is 11.1. The molecule has 1 amide bonds. The van der Waals surface area contributed by atoms with E-state index in [-0.39, 0.29) is 5.91 Å². The van der Waals surface area contributed by atoms with Crippen LogP contribution >= 0.6 is 11.8 Å². The number of benzene rings is 1. The molecule has 0 fully saturated rings. The molecule has 1 aromatic carbocycles. The summed E-state index contributed by atoms with van der Waals surface area (Å²) in [5.41, 5.74) is 5.41. The minimum absolute atomic E-state index is 0.0938. The molecule has 0 bridgehead atoms. The van der Waals surface area contributed by atoms with Gasteiger partial charge >= 0.3 is 0 Å². The Kier molecular flexibility index (Phi) is 5.21. The van der Waals surface area contributed by atoms with Crippen molar-refractivity contribution in [2.75, 3.05) is 12.3 Å². The lowest BCUT2D eigenvalue weighted by Gasteiger charge is -2.07. The summed E-state index contributed by atoms with van der Waals surface area (Å²) in [5.74, 6) is 0.770. The molecule has 82 valence electrons. The van der Waals surface area contributed by atoms with Crippen LogP contribution in [0.4, 0.5) is 0 Å². The van der Waals surface area contributed by atoms with E-state index in [1.807, 2.05) is 18.2 Å². The number of amides is 1. The molecule has 3 N–H and O–H groups in total. The summed E-state index contributed by atoms with van der Waals surface area (Å²) >= 11 is 1.72. The van der Waals surface area contributed by atoms with E-state index >= 15 is 0 Å². The summed E-state index contributed by atoms with van der Waals surface area (Å²) in [6.45, 7) is 2.33. The van der Waals surface area contributed by atoms with Crippen molar-refractivity contribution in [3.63, 3.8) is 0 Å². The van der Waals surface area contributed by atoms with E-state index in [1.54, 1.807) is 18.7 Å². The number of nitrogens with one attached hydrogen (secondary N) is 1. The highest BCUT2D eigenvalue weighted by Crippen LogP contribution is 2.15. The van der Waals surface area contributed by atoms with Crippen molar-refractivity contribution in [3.8, 4) is 0 Å². The van der Waals surface area contributed by atoms with Gasteiger partial charge in [0, 0.05) is 17.2 Å². The number of hydrogen-bond acceptors (Lipinski definition) is 3. The lowest BCUT2D eigenvalue weighted by molar-refractivity contribution is -0.121. The van der Waals surface area contributed by atoms with Gasteiger partial charge in [-0.25, -0.2) is 0 Å². The van der Waals surface area contributed by atoms with Crippen molar-refractivity contribution in [1.82, 2.24) is 5.32 Å². The van der Waals surface area contributed by atoms with Crippen LogP contribution < -0.4 is 11.1 Å². The average Bonchev–Trinajstić information content (AvgIpc) is 2.25. The lowest BCUT2D eigenvalue weighted by Crippen LogP contribution is -2.39. The van der Waals surface area contributed by atoms with Gasteiger partial charge in [0.1, 0.15) is 0 Å². The predicted octanol–water partition coefficient (Wildman–Crippen LogP) is 1.24. The summed E-state index contributed by atoms with van der Waals surface area (Å²) in [6, 6.07) is 9.68. The fourth-order valence-corrected chi connectivity index (χ4v) is 1.81. The van der Waals surface area contributed by atoms with E-state index in [2.05, 4.69) is 17.4 Å². The Labute approximate surface area is 94.4 Å². The van der Waals surface area contributed by atoms with Crippen LogP contribution in [0.2, 0.25) is 0 Å². The predicted molar refractivity (Wildman–Crippen MR) is 63.8 cm³/mol. The van der Waals surface area contributed by atoms with Crippen molar-refractivity contribution < 1.29 is 4.79 Å². The van der Waals surface area contributed by atoms with Crippen molar-refractivity contribution >= 4 is 17.7 Å². The topological polar surface area (TPSA) is 55.1 Å². The van der Waals surface area contributed by atoms with Crippen molar-refractivity contribution in [1.29, 1.82) is 0 Å². The molecule has 0 radical (unpaired) electrons. The number of carbonyl (C=O) groups excluding carboxylic acids is 1. The van der Waals surface area contributed by atoms with Crippen LogP contribution in [0.3, 0.4) is 0 Å². The summed E-state index contributed by atoms with van der Waals surface area (Å²) < 4.78 is 0. The van der Waals surface area contributed by atoms with E-state index in [1.165, 1.54) is 4.90 Å². The SMILES string of the molecule is C[C@H](N)C(=O)NCCSc1ccccc1. The molecular weight excluding hydrogens is 208 g/mol. The summed E-state index contributed by atoms with van der Waals surface area (Å²) in [4.78, 5) is 12.3. The standard InChI is InChI=1S/C11H16N2OS/c1-9(12)11(14)13-7-8-15-10-5-3-2-4-6-10/h2-6,9H,7-8,12H2,1H3,(H,13,14)/t9-/m0/s1. The van der Waals surface area contributed by atoms with Crippen molar-refractivity contribution in [2.24, 2.45) is 5.73 Å². The van der Waals surface area contributed by atoms with Crippen LogP contribution in [0.15, 0.2) is 35.2 Å². The molecule has 0 aliphatic rings. The first kappa shape index (κ1) is 12.1. The third kappa shape index (κ3) is 4.85. The van der Waals surface area contributed by atoms with Gasteiger partial charge in [0.25, 0.3) is 0 Å². The molecule has 1 rings (SSSR count). The number of hydrogen-bond donors (Lipinski definition) is 2. The molecule has 0 spiro atoms. The van der Waals surface area contributed by atoms with Crippen LogP contribution in [0.25, 0.3) is 0 Å². The molecule has 0 saturated carbocycles. The molecule has 0 aliphatic carbocycles. The van der Waals surface area contributed by atoms with E-state index < -0.39 is 6.04 Å². The third-order valence-corrected chi connectivity index (χ3v) is 2.84. The fraction of sp³-hybridized carbons (Fsp3) is 0.364. The lowest BCUT2D eigenvalue weighted by atomic mass is 10.3. The maximum absolute atomic E-state index is 11.1. The Balaban J connectivity index is 2.15. The number of thioether (sulfide) groups is 1. The van der Waals surface area contributed by atoms with Gasteiger partial charge in [0.05, 0.1) is 6.04 Å². The maximum atomic E-state index is 11.1. The zero-order valence-corrected chi connectivity index (χ0v) is 9.59. The maximum Gasteiger partial charge on any atom is 0.236 e. The second-order valence-electron chi connectivity index (χ2n) is 3.24. The van der Waals surface area contributed by atoms with Crippen LogP contribution in [0, 0.1) is 0 Å². The summed E-state index contributed by atoms with van der Waals surface area (Å²) in [5, 5.41) is 2.77. The Morgan fingerprint density at radius 1 is 1.47 bits per heavy atom. The highest BCUT2D eigenvalue weighted by molar-refractivity contribution is 7.99. The molecule has 0 saturated heterocycles. The van der Waals surface area contributed by atoms with Gasteiger partial charge in [-0.3, -0.25) is 4.79 Å². The molecule has 1 aromatic rings. The van der Waals surface area contributed by atoms with Crippen LogP contribution in [0.5, 0.6) is 0 Å². The third-order valence-electron chi connectivity index (χ3n) is 1.83. The zero-order valence-electron chi connectivity index (χ0n) is 8.77. The van der Waals surface area contributed by atoms with Gasteiger partial charge in [-0.05, 0) is 19.1 Å². The first-order valence-electron chi connectivity index (χ1n) is 4.91. The first-order chi connectivity index (χ1) is 7.20. The Morgan fingerprint density at radius 3 is 2.73 bits per heavy atom. The largest absolute Gasteiger partial charge is 0.354 e. The van der Waals surface area contributed by atoms with E-state index in [4.69, 9.17) is 5.73 Å². The molecule has 3 nitrogen and oxygen atoms in total. The van der Waals surface area contributed by atoms with Gasteiger partial charge in [-0.1, -0.05) is 18.2 Å². The second-order valence-corrected chi connectivity index (χ2v) is 4.41. The summed E-state index contributed by atoms with van der Waals surface area (Å²) in [6.07, 6.45) is 0. The van der Waals surface area contributed by atoms with Gasteiger partial charge in [-0.15, -0.1) is 11.8 Å². The number of nitrogens with two attached hydrogens (primary N) is 1. The molecular formula is C11H16N2OS. The fourth-order valence-electron chi connectivity index (χ4n) is 1.02. The molecule has 4 heteroatoms. The molecule has 15 heavy (non-hydrogen) atoms. The van der Waals surface area contributed by atoms with Crippen molar-refractivity contribution in [3.05, 3.63) is 30.3 Å². The van der Waals surface area contributed by atoms with Crippen LogP contribution in [0.1, 0.15) is 6.92 Å². The van der Waals surface area contributed by atoms with E-state index in [0.717, 1.165) is 5.75 Å². The number of rotatable bonds is 5. The normalized spacial score (nSPS) is 12.1. The quantitative estimate of drug-likeness (QED) is 0.584. The molecule has 0 unspecified atom stereocenters. The first-order valence-corrected chi connectivity index (χ1v) is 5.90. The molecule has 1 atom stereocenters. The highest BCUT2D eigenvalue weighted by Gasteiger charge is 2.04. The minimum atomic E-state index is -0.424. The van der Waals surface area contributed by atoms with E-state index in [0.29, 0.717) is 6.54 Å². The molecule has 0 aliphatic heterocycles. The number of carbonyl (C=O) groups is 1. The van der Waals surface area contributed by atoms with Gasteiger partial charge in [0.2, 0.25) is 5.91 Å². The van der Waals surface area contributed by atoms with Gasteiger partial charge < -0.3 is 11.1 Å².